The third kappa shape index (κ3) is 4.34. The zero-order valence-electron chi connectivity index (χ0n) is 18.4. The van der Waals surface area contributed by atoms with Crippen LogP contribution in [0.3, 0.4) is 0 Å². The topological polar surface area (TPSA) is 58.9 Å². The maximum atomic E-state index is 13.8. The van der Waals surface area contributed by atoms with E-state index >= 15 is 0 Å². The van der Waals surface area contributed by atoms with E-state index in [0.717, 1.165) is 66.4 Å². The Hall–Kier alpha value is -3.32. The van der Waals surface area contributed by atoms with Crippen molar-refractivity contribution < 1.29 is 4.39 Å². The molecule has 7 heteroatoms. The number of nitrogens with zero attached hydrogens (tertiary/aromatic N) is 5. The summed E-state index contributed by atoms with van der Waals surface area (Å²) in [5, 5.41) is 4.27. The van der Waals surface area contributed by atoms with Gasteiger partial charge in [0.05, 0.1) is 11.9 Å². The normalized spacial score (nSPS) is 15.3. The molecule has 0 unspecified atom stereocenters. The van der Waals surface area contributed by atoms with Gasteiger partial charge in [-0.3, -0.25) is 9.88 Å². The first-order valence-corrected chi connectivity index (χ1v) is 11.0. The number of aromatic nitrogens is 4. The van der Waals surface area contributed by atoms with Crippen LogP contribution in [-0.2, 0) is 13.6 Å². The number of anilines is 2. The van der Waals surface area contributed by atoms with E-state index in [1.165, 1.54) is 11.6 Å². The van der Waals surface area contributed by atoms with E-state index in [2.05, 4.69) is 30.9 Å². The van der Waals surface area contributed by atoms with Crippen LogP contribution < -0.4 is 5.32 Å². The Balaban J connectivity index is 1.24. The number of benzene rings is 1. The zero-order chi connectivity index (χ0) is 22.1. The number of likely N-dealkylation sites (tertiary alicyclic amines) is 1. The van der Waals surface area contributed by atoms with Crippen LogP contribution in [-0.4, -0.2) is 37.5 Å². The number of fused-ring (bicyclic) bond motifs is 1. The Morgan fingerprint density at radius 2 is 1.91 bits per heavy atom. The standard InChI is InChI=1S/C25H27FN6/c1-17-4-3-5-24(28-17)30-25-14-27-13-22(29-25)18-8-10-32(11-9-18)16-19-15-31(2)23-7-6-20(26)12-21(19)23/h3-7,12-15,18H,8-11,16H2,1-2H3,(H,28,29,30). The van der Waals surface area contributed by atoms with Gasteiger partial charge in [-0.1, -0.05) is 6.07 Å². The highest BCUT2D eigenvalue weighted by molar-refractivity contribution is 5.84. The predicted octanol–water partition coefficient (Wildman–Crippen LogP) is 4.93. The fraction of sp³-hybridized carbons (Fsp3) is 0.320. The second-order valence-electron chi connectivity index (χ2n) is 8.60. The van der Waals surface area contributed by atoms with Crippen LogP contribution in [0.4, 0.5) is 16.0 Å². The number of pyridine rings is 1. The van der Waals surface area contributed by atoms with E-state index in [-0.39, 0.29) is 5.82 Å². The van der Waals surface area contributed by atoms with E-state index in [4.69, 9.17) is 4.98 Å². The lowest BCUT2D eigenvalue weighted by Gasteiger charge is -2.31. The highest BCUT2D eigenvalue weighted by Gasteiger charge is 2.23. The molecular formula is C25H27FN6. The molecule has 1 aliphatic heterocycles. The average Bonchev–Trinajstić information content (AvgIpc) is 3.09. The molecule has 164 valence electrons. The van der Waals surface area contributed by atoms with Crippen molar-refractivity contribution in [1.29, 1.82) is 0 Å². The summed E-state index contributed by atoms with van der Waals surface area (Å²) in [6, 6.07) is 10.9. The first-order chi connectivity index (χ1) is 15.5. The van der Waals surface area contributed by atoms with Crippen LogP contribution in [0.15, 0.2) is 55.0 Å². The van der Waals surface area contributed by atoms with E-state index in [0.29, 0.717) is 5.92 Å². The summed E-state index contributed by atoms with van der Waals surface area (Å²) in [5.74, 6) is 1.70. The molecule has 3 aromatic heterocycles. The Morgan fingerprint density at radius 3 is 2.72 bits per heavy atom. The lowest BCUT2D eigenvalue weighted by Crippen LogP contribution is -2.32. The summed E-state index contributed by atoms with van der Waals surface area (Å²) in [7, 11) is 2.02. The SMILES string of the molecule is Cc1cccc(Nc2cncc(C3CCN(Cc4cn(C)c5ccc(F)cc45)CC3)n2)n1. The molecule has 0 saturated carbocycles. The van der Waals surface area contributed by atoms with E-state index in [9.17, 15) is 4.39 Å². The van der Waals surface area contributed by atoms with Gasteiger partial charge in [0.15, 0.2) is 0 Å². The van der Waals surface area contributed by atoms with E-state index in [1.54, 1.807) is 12.3 Å². The van der Waals surface area contributed by atoms with Crippen LogP contribution in [0.25, 0.3) is 10.9 Å². The fourth-order valence-electron chi connectivity index (χ4n) is 4.58. The summed E-state index contributed by atoms with van der Waals surface area (Å²) in [6.45, 7) is 4.76. The molecule has 6 nitrogen and oxygen atoms in total. The van der Waals surface area contributed by atoms with Gasteiger partial charge in [0, 0.05) is 48.5 Å². The zero-order valence-corrected chi connectivity index (χ0v) is 18.4. The van der Waals surface area contributed by atoms with Gasteiger partial charge in [0.1, 0.15) is 17.5 Å². The van der Waals surface area contributed by atoms with Crippen molar-refractivity contribution in [1.82, 2.24) is 24.4 Å². The Morgan fingerprint density at radius 1 is 1.06 bits per heavy atom. The first kappa shape index (κ1) is 20.6. The van der Waals surface area contributed by atoms with Gasteiger partial charge >= 0.3 is 0 Å². The number of nitrogens with one attached hydrogen (secondary N) is 1. The fourth-order valence-corrected chi connectivity index (χ4v) is 4.58. The van der Waals surface area contributed by atoms with Crippen LogP contribution in [0, 0.1) is 12.7 Å². The molecule has 4 aromatic rings. The van der Waals surface area contributed by atoms with Crippen molar-refractivity contribution >= 4 is 22.5 Å². The summed E-state index contributed by atoms with van der Waals surface area (Å²) in [6.07, 6.45) is 7.79. The molecule has 0 bridgehead atoms. The van der Waals surface area contributed by atoms with Crippen molar-refractivity contribution in [2.24, 2.45) is 7.05 Å². The van der Waals surface area contributed by atoms with E-state index in [1.807, 2.05) is 44.4 Å². The van der Waals surface area contributed by atoms with Crippen molar-refractivity contribution in [2.75, 3.05) is 18.4 Å². The second-order valence-corrected chi connectivity index (χ2v) is 8.60. The maximum Gasteiger partial charge on any atom is 0.150 e. The monoisotopic (exact) mass is 430 g/mol. The number of hydrogen-bond donors (Lipinski definition) is 1. The van der Waals surface area contributed by atoms with Gasteiger partial charge in [0.25, 0.3) is 0 Å². The van der Waals surface area contributed by atoms with Crippen molar-refractivity contribution in [3.8, 4) is 0 Å². The third-order valence-corrected chi connectivity index (χ3v) is 6.23. The van der Waals surface area contributed by atoms with Crippen LogP contribution in [0.1, 0.15) is 35.7 Å². The van der Waals surface area contributed by atoms with Gasteiger partial charge in [-0.15, -0.1) is 0 Å². The van der Waals surface area contributed by atoms with Crippen LogP contribution >= 0.6 is 0 Å². The van der Waals surface area contributed by atoms with Gasteiger partial charge < -0.3 is 9.88 Å². The Bertz CT molecular complexity index is 1240. The summed E-state index contributed by atoms with van der Waals surface area (Å²) < 4.78 is 15.9. The molecule has 0 spiro atoms. The molecular weight excluding hydrogens is 403 g/mol. The van der Waals surface area contributed by atoms with Crippen molar-refractivity contribution in [3.63, 3.8) is 0 Å². The lowest BCUT2D eigenvalue weighted by molar-refractivity contribution is 0.203. The largest absolute Gasteiger partial charge is 0.350 e. The number of hydrogen-bond acceptors (Lipinski definition) is 5. The summed E-state index contributed by atoms with van der Waals surface area (Å²) in [4.78, 5) is 16.1. The van der Waals surface area contributed by atoms with Gasteiger partial charge in [0.2, 0.25) is 0 Å². The van der Waals surface area contributed by atoms with E-state index < -0.39 is 0 Å². The first-order valence-electron chi connectivity index (χ1n) is 11.0. The highest BCUT2D eigenvalue weighted by Crippen LogP contribution is 2.30. The predicted molar refractivity (Wildman–Crippen MR) is 124 cm³/mol. The summed E-state index contributed by atoms with van der Waals surface area (Å²) >= 11 is 0. The number of aryl methyl sites for hydroxylation is 2. The Labute approximate surface area is 187 Å². The molecule has 1 aromatic carbocycles. The summed E-state index contributed by atoms with van der Waals surface area (Å²) in [5.41, 5.74) is 4.23. The molecule has 4 heterocycles. The Kier molecular flexibility index (Phi) is 5.57. The molecule has 0 amide bonds. The smallest absolute Gasteiger partial charge is 0.150 e. The molecule has 32 heavy (non-hydrogen) atoms. The number of halogens is 1. The van der Waals surface area contributed by atoms with Gasteiger partial charge in [-0.05, 0) is 68.8 Å². The molecule has 5 rings (SSSR count). The third-order valence-electron chi connectivity index (χ3n) is 6.23. The molecule has 0 radical (unpaired) electrons. The number of rotatable bonds is 5. The van der Waals surface area contributed by atoms with Crippen molar-refractivity contribution in [3.05, 3.63) is 77.8 Å². The quantitative estimate of drug-likeness (QED) is 0.486. The maximum absolute atomic E-state index is 13.8. The minimum atomic E-state index is -0.184. The van der Waals surface area contributed by atoms with Crippen molar-refractivity contribution in [2.45, 2.75) is 32.2 Å². The molecule has 0 atom stereocenters. The van der Waals surface area contributed by atoms with Crippen LogP contribution in [0.2, 0.25) is 0 Å². The van der Waals surface area contributed by atoms with Gasteiger partial charge in [-0.2, -0.15) is 0 Å². The molecule has 1 aliphatic rings. The minimum Gasteiger partial charge on any atom is -0.350 e. The van der Waals surface area contributed by atoms with Gasteiger partial charge in [-0.25, -0.2) is 14.4 Å². The number of piperidine rings is 1. The minimum absolute atomic E-state index is 0.184. The molecule has 1 fully saturated rings. The average molecular weight is 431 g/mol. The molecule has 0 aliphatic carbocycles. The van der Waals surface area contributed by atoms with Crippen LogP contribution in [0.5, 0.6) is 0 Å². The molecule has 1 N–H and O–H groups in total. The lowest BCUT2D eigenvalue weighted by atomic mass is 9.93. The second kappa shape index (κ2) is 8.67. The molecule has 1 saturated heterocycles. The highest BCUT2D eigenvalue weighted by atomic mass is 19.1.